The maximum atomic E-state index is 7.03. The first-order chi connectivity index (χ1) is 15.5. The van der Waals surface area contributed by atoms with Crippen molar-refractivity contribution in [3.63, 3.8) is 0 Å². The van der Waals surface area contributed by atoms with Crippen molar-refractivity contribution in [1.82, 2.24) is 0 Å². The second kappa shape index (κ2) is 9.86. The van der Waals surface area contributed by atoms with E-state index in [0.29, 0.717) is 13.2 Å². The Morgan fingerprint density at radius 3 is 1.84 bits per heavy atom. The van der Waals surface area contributed by atoms with E-state index in [1.54, 1.807) is 6.26 Å². The Hall–Kier alpha value is -2.66. The Kier molecular flexibility index (Phi) is 6.94. The third-order valence-corrected chi connectivity index (χ3v) is 11.1. The molecule has 0 amide bonds. The maximum Gasteiger partial charge on any atom is 0.261 e. The van der Waals surface area contributed by atoms with Crippen molar-refractivity contribution in [3.8, 4) is 0 Å². The topological polar surface area (TPSA) is 27.7 Å². The predicted octanol–water partition coefficient (Wildman–Crippen LogP) is 5.06. The zero-order valence-corrected chi connectivity index (χ0v) is 20.1. The second-order valence-corrected chi connectivity index (χ2v) is 13.5. The minimum absolute atomic E-state index is 0.0673. The Bertz CT molecular complexity index is 958. The van der Waals surface area contributed by atoms with E-state index in [1.165, 1.54) is 10.4 Å². The van der Waals surface area contributed by atoms with Gasteiger partial charge < -0.3 is 13.9 Å². The zero-order valence-electron chi connectivity index (χ0n) is 19.1. The quantitative estimate of drug-likeness (QED) is 0.455. The molecule has 1 aliphatic rings. The van der Waals surface area contributed by atoms with E-state index in [4.69, 9.17) is 13.9 Å². The van der Waals surface area contributed by atoms with E-state index in [0.717, 1.165) is 5.56 Å². The first-order valence-electron chi connectivity index (χ1n) is 11.2. The number of rotatable bonds is 8. The molecule has 4 rings (SSSR count). The largest absolute Gasteiger partial charge is 0.493 e. The van der Waals surface area contributed by atoms with Crippen LogP contribution in [0, 0.1) is 0 Å². The van der Waals surface area contributed by atoms with E-state index >= 15 is 0 Å². The van der Waals surface area contributed by atoms with E-state index in [-0.39, 0.29) is 17.2 Å². The molecule has 0 fully saturated rings. The molecule has 0 N–H and O–H groups in total. The maximum absolute atomic E-state index is 7.03. The molecule has 0 saturated carbocycles. The summed E-state index contributed by atoms with van der Waals surface area (Å²) >= 11 is 0. The van der Waals surface area contributed by atoms with Crippen LogP contribution in [0.3, 0.4) is 0 Å². The molecular formula is C28H32O3Si. The van der Waals surface area contributed by atoms with Gasteiger partial charge in [0.05, 0.1) is 19.5 Å². The van der Waals surface area contributed by atoms with Gasteiger partial charge in [-0.2, -0.15) is 0 Å². The Morgan fingerprint density at radius 2 is 1.31 bits per heavy atom. The van der Waals surface area contributed by atoms with Crippen molar-refractivity contribution in [2.75, 3.05) is 6.61 Å². The third-order valence-electron chi connectivity index (χ3n) is 6.05. The first-order valence-corrected chi connectivity index (χ1v) is 13.1. The van der Waals surface area contributed by atoms with Gasteiger partial charge in [-0.3, -0.25) is 0 Å². The molecule has 0 aliphatic carbocycles. The van der Waals surface area contributed by atoms with Crippen LogP contribution in [0.4, 0.5) is 0 Å². The first kappa shape index (κ1) is 22.5. The fraction of sp³-hybridized carbons (Fsp3) is 0.286. The molecule has 32 heavy (non-hydrogen) atoms. The van der Waals surface area contributed by atoms with E-state index in [1.807, 2.05) is 24.3 Å². The van der Waals surface area contributed by atoms with Crippen molar-refractivity contribution in [1.29, 1.82) is 0 Å². The van der Waals surface area contributed by atoms with E-state index in [9.17, 15) is 0 Å². The summed E-state index contributed by atoms with van der Waals surface area (Å²) in [6.45, 7) is 7.89. The van der Waals surface area contributed by atoms with Gasteiger partial charge in [0.15, 0.2) is 0 Å². The summed E-state index contributed by atoms with van der Waals surface area (Å²) in [5.41, 5.74) is 1.15. The lowest BCUT2D eigenvalue weighted by Gasteiger charge is -2.43. The van der Waals surface area contributed by atoms with Crippen LogP contribution in [-0.4, -0.2) is 27.1 Å². The highest BCUT2D eigenvalue weighted by atomic mass is 28.4. The van der Waals surface area contributed by atoms with Crippen LogP contribution in [0.2, 0.25) is 5.04 Å². The van der Waals surface area contributed by atoms with Gasteiger partial charge in [-0.15, -0.1) is 0 Å². The molecule has 0 radical (unpaired) electrons. The van der Waals surface area contributed by atoms with Gasteiger partial charge in [0, 0.05) is 0 Å². The van der Waals surface area contributed by atoms with Crippen molar-refractivity contribution < 1.29 is 13.9 Å². The lowest BCUT2D eigenvalue weighted by molar-refractivity contribution is -0.0244. The van der Waals surface area contributed by atoms with E-state index in [2.05, 4.69) is 93.6 Å². The summed E-state index contributed by atoms with van der Waals surface area (Å²) < 4.78 is 19.1. The molecular weight excluding hydrogens is 412 g/mol. The predicted molar refractivity (Wildman–Crippen MR) is 133 cm³/mol. The molecule has 0 saturated heterocycles. The molecule has 0 aromatic heterocycles. The average molecular weight is 445 g/mol. The molecule has 3 aromatic rings. The van der Waals surface area contributed by atoms with Gasteiger partial charge in [-0.1, -0.05) is 112 Å². The monoisotopic (exact) mass is 444 g/mol. The molecule has 0 spiro atoms. The molecule has 4 heteroatoms. The van der Waals surface area contributed by atoms with Crippen LogP contribution in [-0.2, 0) is 20.5 Å². The smallest absolute Gasteiger partial charge is 0.261 e. The fourth-order valence-electron chi connectivity index (χ4n) is 4.46. The lowest BCUT2D eigenvalue weighted by atomic mass is 10.2. The van der Waals surface area contributed by atoms with Crippen molar-refractivity contribution in [3.05, 3.63) is 109 Å². The van der Waals surface area contributed by atoms with Gasteiger partial charge in [-0.25, -0.2) is 0 Å². The molecule has 1 heterocycles. The van der Waals surface area contributed by atoms with Crippen LogP contribution in [0.1, 0.15) is 26.3 Å². The third kappa shape index (κ3) is 4.73. The minimum Gasteiger partial charge on any atom is -0.493 e. The number of ether oxygens (including phenoxy) is 2. The van der Waals surface area contributed by atoms with Gasteiger partial charge >= 0.3 is 0 Å². The van der Waals surface area contributed by atoms with Gasteiger partial charge in [0.2, 0.25) is 0 Å². The molecule has 166 valence electrons. The highest BCUT2D eigenvalue weighted by Gasteiger charge is 2.50. The van der Waals surface area contributed by atoms with E-state index < -0.39 is 8.32 Å². The molecule has 0 bridgehead atoms. The van der Waals surface area contributed by atoms with Gasteiger partial charge in [-0.05, 0) is 27.1 Å². The number of hydrogen-bond donors (Lipinski definition) is 0. The summed E-state index contributed by atoms with van der Waals surface area (Å²) in [5.74, 6) is 0. The zero-order chi connectivity index (χ0) is 22.4. The minimum atomic E-state index is -2.60. The van der Waals surface area contributed by atoms with Crippen LogP contribution < -0.4 is 10.4 Å². The summed E-state index contributed by atoms with van der Waals surface area (Å²) in [6, 6.07) is 31.6. The Morgan fingerprint density at radius 1 is 0.781 bits per heavy atom. The standard InChI is InChI=1S/C28H32O3Si/c1-28(2,3)32(24-15-9-5-10-16-24,25-17-11-6-12-18-25)31-22-27-26(19-20-29-27)30-21-23-13-7-4-8-14-23/h4-20,26-27H,21-22H2,1-3H3/t26-,27-/m1/s1. The lowest BCUT2D eigenvalue weighted by Crippen LogP contribution is -2.67. The fourth-order valence-corrected chi connectivity index (χ4v) is 9.03. The Labute approximate surface area is 192 Å². The second-order valence-electron chi connectivity index (χ2n) is 9.24. The van der Waals surface area contributed by atoms with Crippen LogP contribution in [0.25, 0.3) is 0 Å². The molecule has 3 aromatic carbocycles. The highest BCUT2D eigenvalue weighted by Crippen LogP contribution is 2.37. The summed E-state index contributed by atoms with van der Waals surface area (Å²) in [5, 5.41) is 2.47. The van der Waals surface area contributed by atoms with Crippen LogP contribution in [0.15, 0.2) is 103 Å². The van der Waals surface area contributed by atoms with Crippen molar-refractivity contribution in [2.24, 2.45) is 0 Å². The molecule has 1 aliphatic heterocycles. The van der Waals surface area contributed by atoms with Crippen molar-refractivity contribution in [2.45, 2.75) is 44.6 Å². The number of benzene rings is 3. The SMILES string of the molecule is CC(C)(C)[Si](OC[C@H]1OC=C[C@H]1OCc1ccccc1)(c1ccccc1)c1ccccc1. The molecule has 3 nitrogen and oxygen atoms in total. The van der Waals surface area contributed by atoms with Crippen LogP contribution >= 0.6 is 0 Å². The van der Waals surface area contributed by atoms with Crippen molar-refractivity contribution >= 4 is 18.7 Å². The average Bonchev–Trinajstić information content (AvgIpc) is 3.27. The molecule has 0 unspecified atom stereocenters. The summed E-state index contributed by atoms with van der Waals surface area (Å²) in [6.07, 6.45) is 3.44. The number of hydrogen-bond acceptors (Lipinski definition) is 3. The highest BCUT2D eigenvalue weighted by molar-refractivity contribution is 6.99. The van der Waals surface area contributed by atoms with Gasteiger partial charge in [0.1, 0.15) is 12.2 Å². The van der Waals surface area contributed by atoms with Gasteiger partial charge in [0.25, 0.3) is 8.32 Å². The Balaban J connectivity index is 1.58. The van der Waals surface area contributed by atoms with Crippen LogP contribution in [0.5, 0.6) is 0 Å². The normalized spacial score (nSPS) is 18.5. The summed E-state index contributed by atoms with van der Waals surface area (Å²) in [4.78, 5) is 0. The summed E-state index contributed by atoms with van der Waals surface area (Å²) in [7, 11) is -2.60. The molecule has 2 atom stereocenters.